The standard InChI is InChI=1S/C24H14F6/c1-2-12-3-5-16-13(7-12)4-6-17(23(16)29)14-8-18(25)22(19(26)9-14)15-10-20(27)24(30)21(28)11-15/h3-11H,2H2,1H3. The Morgan fingerprint density at radius 2 is 1.20 bits per heavy atom. The van der Waals surface area contributed by atoms with Crippen molar-refractivity contribution in [3.05, 3.63) is 95.1 Å². The number of benzene rings is 4. The van der Waals surface area contributed by atoms with Crippen LogP contribution in [0, 0.1) is 34.9 Å². The van der Waals surface area contributed by atoms with Gasteiger partial charge in [-0.3, -0.25) is 0 Å². The molecule has 4 aromatic carbocycles. The quantitative estimate of drug-likeness (QED) is 0.239. The predicted molar refractivity (Wildman–Crippen MR) is 104 cm³/mol. The minimum atomic E-state index is -1.74. The first-order valence-electron chi connectivity index (χ1n) is 9.15. The molecule has 0 spiro atoms. The Labute approximate surface area is 168 Å². The molecule has 0 unspecified atom stereocenters. The van der Waals surface area contributed by atoms with Crippen molar-refractivity contribution >= 4 is 10.8 Å². The highest BCUT2D eigenvalue weighted by Crippen LogP contribution is 2.35. The largest absolute Gasteiger partial charge is 0.206 e. The molecular weight excluding hydrogens is 402 g/mol. The summed E-state index contributed by atoms with van der Waals surface area (Å²) in [6, 6.07) is 11.1. The van der Waals surface area contributed by atoms with Crippen molar-refractivity contribution < 1.29 is 26.3 Å². The van der Waals surface area contributed by atoms with E-state index in [4.69, 9.17) is 0 Å². The van der Waals surface area contributed by atoms with E-state index in [1.807, 2.05) is 13.0 Å². The van der Waals surface area contributed by atoms with Gasteiger partial charge in [-0.25, -0.2) is 26.3 Å². The second-order valence-electron chi connectivity index (χ2n) is 6.90. The zero-order valence-electron chi connectivity index (χ0n) is 15.7. The van der Waals surface area contributed by atoms with Crippen molar-refractivity contribution in [1.82, 2.24) is 0 Å². The van der Waals surface area contributed by atoms with Gasteiger partial charge < -0.3 is 0 Å². The summed E-state index contributed by atoms with van der Waals surface area (Å²) in [7, 11) is 0. The third kappa shape index (κ3) is 3.32. The summed E-state index contributed by atoms with van der Waals surface area (Å²) in [4.78, 5) is 0. The maximum Gasteiger partial charge on any atom is 0.194 e. The van der Waals surface area contributed by atoms with E-state index in [0.29, 0.717) is 22.9 Å². The lowest BCUT2D eigenvalue weighted by Gasteiger charge is -2.12. The Hall–Kier alpha value is -3.28. The van der Waals surface area contributed by atoms with Crippen LogP contribution in [0.1, 0.15) is 12.5 Å². The average molecular weight is 416 g/mol. The van der Waals surface area contributed by atoms with E-state index in [-0.39, 0.29) is 11.1 Å². The van der Waals surface area contributed by atoms with Crippen LogP contribution in [-0.2, 0) is 6.42 Å². The Morgan fingerprint density at radius 1 is 0.600 bits per heavy atom. The van der Waals surface area contributed by atoms with Crippen LogP contribution in [0.2, 0.25) is 0 Å². The molecule has 0 saturated carbocycles. The zero-order chi connectivity index (χ0) is 21.6. The maximum atomic E-state index is 15.0. The van der Waals surface area contributed by atoms with Gasteiger partial charge in [-0.2, -0.15) is 0 Å². The number of rotatable bonds is 3. The number of fused-ring (bicyclic) bond motifs is 1. The summed E-state index contributed by atoms with van der Waals surface area (Å²) >= 11 is 0. The molecule has 0 radical (unpaired) electrons. The Kier molecular flexibility index (Phi) is 5.02. The summed E-state index contributed by atoms with van der Waals surface area (Å²) in [5.74, 6) is -7.83. The highest BCUT2D eigenvalue weighted by molar-refractivity contribution is 5.89. The van der Waals surface area contributed by atoms with Gasteiger partial charge in [0.25, 0.3) is 0 Å². The summed E-state index contributed by atoms with van der Waals surface area (Å²) < 4.78 is 84.5. The molecule has 4 aromatic rings. The van der Waals surface area contributed by atoms with Gasteiger partial charge in [-0.15, -0.1) is 0 Å². The molecule has 0 aliphatic rings. The fourth-order valence-corrected chi connectivity index (χ4v) is 3.49. The van der Waals surface area contributed by atoms with E-state index >= 15 is 4.39 Å². The van der Waals surface area contributed by atoms with Crippen LogP contribution in [0.5, 0.6) is 0 Å². The van der Waals surface area contributed by atoms with Crippen LogP contribution in [0.25, 0.3) is 33.0 Å². The molecule has 0 aliphatic carbocycles. The van der Waals surface area contributed by atoms with Gasteiger partial charge in [-0.1, -0.05) is 37.3 Å². The molecule has 30 heavy (non-hydrogen) atoms. The summed E-state index contributed by atoms with van der Waals surface area (Å²) in [6.07, 6.45) is 0.780. The minimum absolute atomic E-state index is 0.0208. The van der Waals surface area contributed by atoms with Gasteiger partial charge in [0.15, 0.2) is 17.5 Å². The van der Waals surface area contributed by atoms with Crippen molar-refractivity contribution in [2.75, 3.05) is 0 Å². The lowest BCUT2D eigenvalue weighted by Crippen LogP contribution is -1.97. The Morgan fingerprint density at radius 3 is 1.80 bits per heavy atom. The SMILES string of the molecule is CCc1ccc2c(F)c(-c3cc(F)c(-c4cc(F)c(F)c(F)c4)c(F)c3)ccc2c1. The smallest absolute Gasteiger partial charge is 0.194 e. The molecule has 0 amide bonds. The fourth-order valence-electron chi connectivity index (χ4n) is 3.49. The third-order valence-electron chi connectivity index (χ3n) is 5.05. The van der Waals surface area contributed by atoms with Gasteiger partial charge in [0, 0.05) is 10.9 Å². The molecule has 4 rings (SSSR count). The van der Waals surface area contributed by atoms with E-state index in [9.17, 15) is 22.0 Å². The van der Waals surface area contributed by atoms with Crippen LogP contribution in [0.3, 0.4) is 0 Å². The first kappa shape index (κ1) is 20.0. The van der Waals surface area contributed by atoms with E-state index in [1.54, 1.807) is 18.2 Å². The molecule has 0 nitrogen and oxygen atoms in total. The first-order chi connectivity index (χ1) is 14.3. The molecular formula is C24H14F6. The van der Waals surface area contributed by atoms with Crippen LogP contribution in [0.4, 0.5) is 26.3 Å². The van der Waals surface area contributed by atoms with Crippen LogP contribution in [0.15, 0.2) is 54.6 Å². The molecule has 0 fully saturated rings. The molecule has 0 N–H and O–H groups in total. The number of hydrogen-bond acceptors (Lipinski definition) is 0. The molecule has 0 saturated heterocycles. The number of halogens is 6. The molecule has 0 bridgehead atoms. The molecule has 6 heteroatoms. The topological polar surface area (TPSA) is 0 Å². The minimum Gasteiger partial charge on any atom is -0.206 e. The summed E-state index contributed by atoms with van der Waals surface area (Å²) in [5, 5.41) is 0.961. The van der Waals surface area contributed by atoms with E-state index in [2.05, 4.69) is 0 Å². The van der Waals surface area contributed by atoms with Crippen molar-refractivity contribution in [2.45, 2.75) is 13.3 Å². The van der Waals surface area contributed by atoms with Gasteiger partial charge in [0.2, 0.25) is 0 Å². The fraction of sp³-hybridized carbons (Fsp3) is 0.0833. The Balaban J connectivity index is 1.85. The molecule has 0 aromatic heterocycles. The monoisotopic (exact) mass is 416 g/mol. The average Bonchev–Trinajstić information content (AvgIpc) is 2.71. The number of aryl methyl sites for hydroxylation is 1. The van der Waals surface area contributed by atoms with E-state index < -0.39 is 46.0 Å². The van der Waals surface area contributed by atoms with E-state index in [0.717, 1.165) is 24.1 Å². The van der Waals surface area contributed by atoms with Gasteiger partial charge in [0.1, 0.15) is 17.5 Å². The van der Waals surface area contributed by atoms with Crippen molar-refractivity contribution in [3.8, 4) is 22.3 Å². The lowest BCUT2D eigenvalue weighted by atomic mass is 9.95. The highest BCUT2D eigenvalue weighted by Gasteiger charge is 2.20. The van der Waals surface area contributed by atoms with Crippen LogP contribution < -0.4 is 0 Å². The zero-order valence-corrected chi connectivity index (χ0v) is 15.7. The molecule has 0 atom stereocenters. The first-order valence-corrected chi connectivity index (χ1v) is 9.15. The second kappa shape index (κ2) is 7.52. The van der Waals surface area contributed by atoms with Crippen molar-refractivity contribution in [2.24, 2.45) is 0 Å². The summed E-state index contributed by atoms with van der Waals surface area (Å²) in [5.41, 5.74) is -0.303. The molecule has 0 heterocycles. The molecule has 152 valence electrons. The number of hydrogen-bond donors (Lipinski definition) is 0. The second-order valence-corrected chi connectivity index (χ2v) is 6.90. The third-order valence-corrected chi connectivity index (χ3v) is 5.05. The summed E-state index contributed by atoms with van der Waals surface area (Å²) in [6.45, 7) is 1.97. The Bertz CT molecular complexity index is 1250. The van der Waals surface area contributed by atoms with Crippen molar-refractivity contribution in [1.29, 1.82) is 0 Å². The van der Waals surface area contributed by atoms with Gasteiger partial charge in [-0.05, 0) is 52.8 Å². The molecule has 0 aliphatic heterocycles. The lowest BCUT2D eigenvalue weighted by molar-refractivity contribution is 0.447. The van der Waals surface area contributed by atoms with E-state index in [1.165, 1.54) is 6.07 Å². The van der Waals surface area contributed by atoms with Gasteiger partial charge in [0.05, 0.1) is 5.56 Å². The van der Waals surface area contributed by atoms with Crippen LogP contribution >= 0.6 is 0 Å². The predicted octanol–water partition coefficient (Wildman–Crippen LogP) is 7.57. The maximum absolute atomic E-state index is 15.0. The normalized spacial score (nSPS) is 11.3. The van der Waals surface area contributed by atoms with Gasteiger partial charge >= 0.3 is 0 Å². The highest BCUT2D eigenvalue weighted by atomic mass is 19.2. The van der Waals surface area contributed by atoms with Crippen molar-refractivity contribution in [3.63, 3.8) is 0 Å². The van der Waals surface area contributed by atoms with Crippen LogP contribution in [-0.4, -0.2) is 0 Å².